The second-order valence-electron chi connectivity index (χ2n) is 4.21. The van der Waals surface area contributed by atoms with Crippen LogP contribution in [0.1, 0.15) is 33.6 Å². The highest BCUT2D eigenvalue weighted by molar-refractivity contribution is 5.67. The fourth-order valence-corrected chi connectivity index (χ4v) is 0.849. The van der Waals surface area contributed by atoms with Gasteiger partial charge in [-0.05, 0) is 27.2 Å². The Labute approximate surface area is 86.4 Å². The van der Waals surface area contributed by atoms with Crippen LogP contribution in [0.2, 0.25) is 0 Å². The number of carbonyl (C=O) groups excluding carboxylic acids is 1. The number of rotatable bonds is 3. The SMILES string of the molecule is C#CCCCN(C)C(=O)OC(C)(C)C. The van der Waals surface area contributed by atoms with Crippen molar-refractivity contribution >= 4 is 6.09 Å². The monoisotopic (exact) mass is 197 g/mol. The van der Waals surface area contributed by atoms with Gasteiger partial charge in [0.15, 0.2) is 0 Å². The molecule has 0 heterocycles. The molecular formula is C11H19NO2. The molecular weight excluding hydrogens is 178 g/mol. The van der Waals surface area contributed by atoms with Gasteiger partial charge in [0.25, 0.3) is 0 Å². The van der Waals surface area contributed by atoms with Gasteiger partial charge in [-0.3, -0.25) is 0 Å². The molecule has 0 aliphatic carbocycles. The number of terminal acetylenes is 1. The fourth-order valence-electron chi connectivity index (χ4n) is 0.849. The first kappa shape index (κ1) is 12.8. The minimum Gasteiger partial charge on any atom is -0.444 e. The van der Waals surface area contributed by atoms with Gasteiger partial charge in [0, 0.05) is 20.0 Å². The molecule has 0 spiro atoms. The third-order valence-electron chi connectivity index (χ3n) is 1.52. The number of nitrogens with zero attached hydrogens (tertiary/aromatic N) is 1. The highest BCUT2D eigenvalue weighted by Gasteiger charge is 2.18. The Hall–Kier alpha value is -1.17. The van der Waals surface area contributed by atoms with Crippen molar-refractivity contribution in [3.8, 4) is 12.3 Å². The van der Waals surface area contributed by atoms with E-state index in [1.807, 2.05) is 20.8 Å². The van der Waals surface area contributed by atoms with Crippen molar-refractivity contribution in [2.24, 2.45) is 0 Å². The van der Waals surface area contributed by atoms with E-state index in [1.54, 1.807) is 11.9 Å². The Morgan fingerprint density at radius 3 is 2.50 bits per heavy atom. The first-order valence-electron chi connectivity index (χ1n) is 4.74. The van der Waals surface area contributed by atoms with Crippen molar-refractivity contribution in [3.05, 3.63) is 0 Å². The Bertz CT molecular complexity index is 222. The predicted octanol–water partition coefficient (Wildman–Crippen LogP) is 2.27. The van der Waals surface area contributed by atoms with Crippen LogP contribution < -0.4 is 0 Å². The number of unbranched alkanes of at least 4 members (excludes halogenated alkanes) is 1. The Morgan fingerprint density at radius 1 is 1.50 bits per heavy atom. The van der Waals surface area contributed by atoms with Gasteiger partial charge in [0.2, 0.25) is 0 Å². The zero-order chi connectivity index (χ0) is 11.2. The molecule has 0 fully saturated rings. The maximum Gasteiger partial charge on any atom is 0.410 e. The lowest BCUT2D eigenvalue weighted by atomic mass is 10.2. The van der Waals surface area contributed by atoms with Crippen LogP contribution in [0.3, 0.4) is 0 Å². The first-order chi connectivity index (χ1) is 6.37. The molecule has 0 aliphatic heterocycles. The third kappa shape index (κ3) is 6.36. The lowest BCUT2D eigenvalue weighted by molar-refractivity contribution is 0.0298. The lowest BCUT2D eigenvalue weighted by Crippen LogP contribution is -2.34. The molecule has 0 bridgehead atoms. The van der Waals surface area contributed by atoms with E-state index < -0.39 is 5.60 Å². The molecule has 1 amide bonds. The maximum absolute atomic E-state index is 11.4. The molecule has 0 aliphatic rings. The molecule has 0 saturated carbocycles. The molecule has 0 aromatic heterocycles. The lowest BCUT2D eigenvalue weighted by Gasteiger charge is -2.24. The summed E-state index contributed by atoms with van der Waals surface area (Å²) in [6.07, 6.45) is 6.31. The van der Waals surface area contributed by atoms with E-state index in [0.717, 1.165) is 6.42 Å². The molecule has 3 nitrogen and oxygen atoms in total. The van der Waals surface area contributed by atoms with Crippen molar-refractivity contribution in [1.82, 2.24) is 4.90 Å². The van der Waals surface area contributed by atoms with E-state index in [-0.39, 0.29) is 6.09 Å². The summed E-state index contributed by atoms with van der Waals surface area (Å²) in [6.45, 7) is 6.18. The molecule has 3 heteroatoms. The summed E-state index contributed by atoms with van der Waals surface area (Å²) < 4.78 is 5.17. The fraction of sp³-hybridized carbons (Fsp3) is 0.727. The van der Waals surface area contributed by atoms with E-state index in [9.17, 15) is 4.79 Å². The quantitative estimate of drug-likeness (QED) is 0.513. The minimum atomic E-state index is -0.433. The molecule has 0 saturated heterocycles. The summed E-state index contributed by atoms with van der Waals surface area (Å²) in [7, 11) is 1.71. The zero-order valence-corrected chi connectivity index (χ0v) is 9.46. The van der Waals surface area contributed by atoms with Gasteiger partial charge in [0.05, 0.1) is 0 Å². The summed E-state index contributed by atoms with van der Waals surface area (Å²) in [6, 6.07) is 0. The highest BCUT2D eigenvalue weighted by atomic mass is 16.6. The van der Waals surface area contributed by atoms with Crippen LogP contribution in [-0.2, 0) is 4.74 Å². The zero-order valence-electron chi connectivity index (χ0n) is 9.46. The van der Waals surface area contributed by atoms with Gasteiger partial charge in [-0.15, -0.1) is 12.3 Å². The Balaban J connectivity index is 3.84. The second-order valence-corrected chi connectivity index (χ2v) is 4.21. The van der Waals surface area contributed by atoms with E-state index in [2.05, 4.69) is 5.92 Å². The van der Waals surface area contributed by atoms with Crippen molar-refractivity contribution in [3.63, 3.8) is 0 Å². The number of carbonyl (C=O) groups is 1. The maximum atomic E-state index is 11.4. The van der Waals surface area contributed by atoms with Gasteiger partial charge in [-0.1, -0.05) is 0 Å². The van der Waals surface area contributed by atoms with Crippen molar-refractivity contribution in [2.45, 2.75) is 39.2 Å². The van der Waals surface area contributed by atoms with E-state index in [1.165, 1.54) is 0 Å². The molecule has 14 heavy (non-hydrogen) atoms. The normalized spacial score (nSPS) is 10.5. The van der Waals surface area contributed by atoms with Crippen LogP contribution in [0.4, 0.5) is 4.79 Å². The molecule has 0 radical (unpaired) electrons. The van der Waals surface area contributed by atoms with E-state index in [4.69, 9.17) is 11.2 Å². The molecule has 0 aromatic carbocycles. The Morgan fingerprint density at radius 2 is 2.07 bits per heavy atom. The van der Waals surface area contributed by atoms with Crippen molar-refractivity contribution in [2.75, 3.05) is 13.6 Å². The average molecular weight is 197 g/mol. The van der Waals surface area contributed by atoms with Crippen LogP contribution in [0.5, 0.6) is 0 Å². The number of hydrogen-bond acceptors (Lipinski definition) is 2. The smallest absolute Gasteiger partial charge is 0.410 e. The summed E-state index contributed by atoms with van der Waals surface area (Å²) in [5.41, 5.74) is -0.433. The van der Waals surface area contributed by atoms with Crippen molar-refractivity contribution in [1.29, 1.82) is 0 Å². The van der Waals surface area contributed by atoms with Gasteiger partial charge in [-0.2, -0.15) is 0 Å². The topological polar surface area (TPSA) is 29.5 Å². The van der Waals surface area contributed by atoms with Gasteiger partial charge in [-0.25, -0.2) is 4.79 Å². The van der Waals surface area contributed by atoms with Gasteiger partial charge in [0.1, 0.15) is 5.60 Å². The Kier molecular flexibility index (Phi) is 5.07. The molecule has 0 N–H and O–H groups in total. The summed E-state index contributed by atoms with van der Waals surface area (Å²) in [5.74, 6) is 2.53. The van der Waals surface area contributed by atoms with Crippen molar-refractivity contribution < 1.29 is 9.53 Å². The van der Waals surface area contributed by atoms with Crippen LogP contribution in [-0.4, -0.2) is 30.2 Å². The average Bonchev–Trinajstić information content (AvgIpc) is 2.01. The number of hydrogen-bond donors (Lipinski definition) is 0. The molecule has 0 aromatic rings. The molecule has 80 valence electrons. The standard InChI is InChI=1S/C11H19NO2/c1-6-7-8-9-12(5)10(13)14-11(2,3)4/h1H,7-9H2,2-5H3. The molecule has 0 atom stereocenters. The minimum absolute atomic E-state index is 0.297. The first-order valence-corrected chi connectivity index (χ1v) is 4.74. The number of amides is 1. The van der Waals surface area contributed by atoms with Gasteiger partial charge < -0.3 is 9.64 Å². The third-order valence-corrected chi connectivity index (χ3v) is 1.52. The largest absolute Gasteiger partial charge is 0.444 e. The second kappa shape index (κ2) is 5.54. The summed E-state index contributed by atoms with van der Waals surface area (Å²) in [5, 5.41) is 0. The molecule has 0 unspecified atom stereocenters. The highest BCUT2D eigenvalue weighted by Crippen LogP contribution is 2.09. The van der Waals surface area contributed by atoms with Crippen LogP contribution in [0.25, 0.3) is 0 Å². The summed E-state index contributed by atoms with van der Waals surface area (Å²) in [4.78, 5) is 12.9. The van der Waals surface area contributed by atoms with Crippen LogP contribution in [0.15, 0.2) is 0 Å². The number of ether oxygens (including phenoxy) is 1. The molecule has 0 rings (SSSR count). The van der Waals surface area contributed by atoms with Crippen LogP contribution >= 0.6 is 0 Å². The van der Waals surface area contributed by atoms with E-state index in [0.29, 0.717) is 13.0 Å². The predicted molar refractivity (Wildman–Crippen MR) is 56.9 cm³/mol. The summed E-state index contributed by atoms with van der Waals surface area (Å²) >= 11 is 0. The van der Waals surface area contributed by atoms with Crippen LogP contribution in [0, 0.1) is 12.3 Å². The van der Waals surface area contributed by atoms with Gasteiger partial charge >= 0.3 is 6.09 Å². The van der Waals surface area contributed by atoms with E-state index >= 15 is 0 Å².